The number of nitrogens with zero attached hydrogens (tertiary/aromatic N) is 2. The minimum absolute atomic E-state index is 0.420. The Bertz CT molecular complexity index is 908. The van der Waals surface area contributed by atoms with Gasteiger partial charge in [0.05, 0.1) is 11.4 Å². The Kier molecular flexibility index (Phi) is 14.0. The van der Waals surface area contributed by atoms with Crippen LogP contribution in [-0.2, 0) is 0 Å². The summed E-state index contributed by atoms with van der Waals surface area (Å²) in [6, 6.07) is 10.0. The van der Waals surface area contributed by atoms with E-state index in [4.69, 9.17) is 6.42 Å². The first-order valence-corrected chi connectivity index (χ1v) is 10.6. The van der Waals surface area contributed by atoms with Crippen LogP contribution in [0.2, 0.25) is 0 Å². The second kappa shape index (κ2) is 15.7. The number of rotatable bonds is 2. The third kappa shape index (κ3) is 9.34. The summed E-state index contributed by atoms with van der Waals surface area (Å²) in [6.07, 6.45) is 16.9. The van der Waals surface area contributed by atoms with Gasteiger partial charge in [0.25, 0.3) is 0 Å². The van der Waals surface area contributed by atoms with Gasteiger partial charge in [-0.1, -0.05) is 77.5 Å². The van der Waals surface area contributed by atoms with Crippen molar-refractivity contribution in [3.63, 3.8) is 0 Å². The molecule has 1 aromatic heterocycles. The Morgan fingerprint density at radius 3 is 2.33 bits per heavy atom. The summed E-state index contributed by atoms with van der Waals surface area (Å²) in [6.45, 7) is 17.9. The highest BCUT2D eigenvalue weighted by Crippen LogP contribution is 2.10. The van der Waals surface area contributed by atoms with E-state index < -0.39 is 0 Å². The lowest BCUT2D eigenvalue weighted by atomic mass is 10.1. The number of hydrogen-bond donors (Lipinski definition) is 0. The van der Waals surface area contributed by atoms with Crippen molar-refractivity contribution >= 4 is 11.8 Å². The fraction of sp³-hybridized carbons (Fsp3) is 0.286. The normalized spacial score (nSPS) is 13.5. The van der Waals surface area contributed by atoms with Gasteiger partial charge in [-0.05, 0) is 60.7 Å². The highest BCUT2D eigenvalue weighted by molar-refractivity contribution is 6.08. The van der Waals surface area contributed by atoms with E-state index in [1.165, 1.54) is 11.1 Å². The highest BCUT2D eigenvalue weighted by Gasteiger charge is 2.04. The molecule has 0 radical (unpaired) electrons. The predicted octanol–water partition coefficient (Wildman–Crippen LogP) is 7.57. The van der Waals surface area contributed by atoms with E-state index in [0.717, 1.165) is 22.5 Å². The van der Waals surface area contributed by atoms with Crippen molar-refractivity contribution in [2.45, 2.75) is 48.5 Å². The Hall–Kier alpha value is -3.18. The molecule has 2 heteroatoms. The fourth-order valence-electron chi connectivity index (χ4n) is 2.37. The summed E-state index contributed by atoms with van der Waals surface area (Å²) < 4.78 is 0. The SMILES string of the molecule is C#Cc1cc(C)ccc1C.C=Cc1ccnc(C2=NC=CC(C)C=C2)c1.CC.CC. The van der Waals surface area contributed by atoms with Crippen LogP contribution in [0.25, 0.3) is 6.08 Å². The third-order valence-electron chi connectivity index (χ3n) is 3.99. The maximum absolute atomic E-state index is 5.27. The zero-order chi connectivity index (χ0) is 22.9. The number of allylic oxidation sites excluding steroid dienone is 3. The van der Waals surface area contributed by atoms with E-state index in [2.05, 4.69) is 47.6 Å². The summed E-state index contributed by atoms with van der Waals surface area (Å²) in [4.78, 5) is 8.69. The molecule has 1 atom stereocenters. The number of aliphatic imine (C=N–C) groups is 1. The Morgan fingerprint density at radius 1 is 1.03 bits per heavy atom. The van der Waals surface area contributed by atoms with Gasteiger partial charge in [0.1, 0.15) is 0 Å². The van der Waals surface area contributed by atoms with Crippen molar-refractivity contribution in [3.8, 4) is 12.3 Å². The van der Waals surface area contributed by atoms with Crippen molar-refractivity contribution in [1.29, 1.82) is 0 Å². The van der Waals surface area contributed by atoms with Crippen LogP contribution in [0.3, 0.4) is 0 Å². The average molecular weight is 401 g/mol. The van der Waals surface area contributed by atoms with Gasteiger partial charge in [-0.2, -0.15) is 0 Å². The van der Waals surface area contributed by atoms with Crippen LogP contribution in [0, 0.1) is 32.1 Å². The molecule has 158 valence electrons. The van der Waals surface area contributed by atoms with Crippen LogP contribution < -0.4 is 0 Å². The van der Waals surface area contributed by atoms with E-state index in [-0.39, 0.29) is 0 Å². The van der Waals surface area contributed by atoms with Gasteiger partial charge in [-0.3, -0.25) is 9.98 Å². The summed E-state index contributed by atoms with van der Waals surface area (Å²) in [5, 5.41) is 0. The maximum Gasteiger partial charge on any atom is 0.0891 e. The number of benzene rings is 1. The molecular formula is C28H36N2. The first-order chi connectivity index (χ1) is 14.5. The van der Waals surface area contributed by atoms with Crippen molar-refractivity contribution in [2.24, 2.45) is 10.9 Å². The van der Waals surface area contributed by atoms with Crippen molar-refractivity contribution in [2.75, 3.05) is 0 Å². The van der Waals surface area contributed by atoms with Gasteiger partial charge in [0.15, 0.2) is 0 Å². The number of hydrogen-bond acceptors (Lipinski definition) is 2. The first-order valence-electron chi connectivity index (χ1n) is 10.6. The number of terminal acetylenes is 1. The second-order valence-electron chi connectivity index (χ2n) is 6.22. The van der Waals surface area contributed by atoms with Gasteiger partial charge in [-0.25, -0.2) is 0 Å². The molecule has 1 aliphatic heterocycles. The van der Waals surface area contributed by atoms with Gasteiger partial charge in [-0.15, -0.1) is 6.42 Å². The van der Waals surface area contributed by atoms with Gasteiger partial charge in [0, 0.05) is 18.0 Å². The van der Waals surface area contributed by atoms with Crippen molar-refractivity contribution < 1.29 is 0 Å². The molecule has 0 saturated carbocycles. The van der Waals surface area contributed by atoms with Crippen LogP contribution >= 0.6 is 0 Å². The maximum atomic E-state index is 5.27. The molecule has 2 heterocycles. The van der Waals surface area contributed by atoms with Crippen molar-refractivity contribution in [3.05, 3.63) is 95.5 Å². The van der Waals surface area contributed by atoms with Crippen LogP contribution in [0.1, 0.15) is 62.6 Å². The zero-order valence-corrected chi connectivity index (χ0v) is 19.6. The smallest absolute Gasteiger partial charge is 0.0891 e. The lowest BCUT2D eigenvalue weighted by Gasteiger charge is -2.00. The number of aromatic nitrogens is 1. The lowest BCUT2D eigenvalue weighted by Crippen LogP contribution is -1.99. The largest absolute Gasteiger partial charge is 0.255 e. The molecule has 0 aliphatic carbocycles. The second-order valence-corrected chi connectivity index (χ2v) is 6.22. The van der Waals surface area contributed by atoms with E-state index in [1.54, 1.807) is 6.20 Å². The quantitative estimate of drug-likeness (QED) is 0.477. The van der Waals surface area contributed by atoms with Crippen molar-refractivity contribution in [1.82, 2.24) is 4.98 Å². The molecule has 2 aromatic rings. The molecule has 0 spiro atoms. The summed E-state index contributed by atoms with van der Waals surface area (Å²) in [7, 11) is 0. The molecule has 1 unspecified atom stereocenters. The van der Waals surface area contributed by atoms with E-state index >= 15 is 0 Å². The summed E-state index contributed by atoms with van der Waals surface area (Å²) in [5.41, 5.74) is 6.23. The van der Waals surface area contributed by atoms with E-state index in [0.29, 0.717) is 5.92 Å². The van der Waals surface area contributed by atoms with E-state index in [9.17, 15) is 0 Å². The highest BCUT2D eigenvalue weighted by atomic mass is 14.8. The van der Waals surface area contributed by atoms with Gasteiger partial charge >= 0.3 is 0 Å². The van der Waals surface area contributed by atoms with Gasteiger partial charge < -0.3 is 0 Å². The topological polar surface area (TPSA) is 25.2 Å². The Morgan fingerprint density at radius 2 is 1.73 bits per heavy atom. The van der Waals surface area contributed by atoms with Crippen LogP contribution in [0.15, 0.2) is 72.5 Å². The minimum Gasteiger partial charge on any atom is -0.255 e. The molecule has 0 N–H and O–H groups in total. The number of aryl methyl sites for hydroxylation is 2. The minimum atomic E-state index is 0.420. The van der Waals surface area contributed by atoms with Gasteiger partial charge in [0.2, 0.25) is 0 Å². The fourth-order valence-corrected chi connectivity index (χ4v) is 2.37. The monoisotopic (exact) mass is 400 g/mol. The Balaban J connectivity index is 0.000000518. The van der Waals surface area contributed by atoms with Crippen LogP contribution in [-0.4, -0.2) is 10.7 Å². The number of pyridine rings is 1. The molecule has 1 aliphatic rings. The molecule has 2 nitrogen and oxygen atoms in total. The lowest BCUT2D eigenvalue weighted by molar-refractivity contribution is 0.940. The summed E-state index contributed by atoms with van der Waals surface area (Å²) in [5.74, 6) is 3.06. The molecular weight excluding hydrogens is 364 g/mol. The summed E-state index contributed by atoms with van der Waals surface area (Å²) >= 11 is 0. The molecule has 0 fully saturated rings. The standard InChI is InChI=1S/C14H14N2.C10H10.2C2H6/c1-3-12-7-9-16-14(10-12)13-5-4-11(2)6-8-15-13;1-4-10-7-8(2)5-6-9(10)3;2*1-2/h3-11H,1H2,2H3;1,5-7H,2-3H3;2*1-2H3. The van der Waals surface area contributed by atoms with Crippen LogP contribution in [0.5, 0.6) is 0 Å². The molecule has 30 heavy (non-hydrogen) atoms. The van der Waals surface area contributed by atoms with E-state index in [1.807, 2.05) is 84.2 Å². The Labute approximate surface area is 184 Å². The third-order valence-corrected chi connectivity index (χ3v) is 3.99. The average Bonchev–Trinajstić information content (AvgIpc) is 3.03. The zero-order valence-electron chi connectivity index (χ0n) is 19.6. The molecule has 0 bridgehead atoms. The predicted molar refractivity (Wildman–Crippen MR) is 135 cm³/mol. The molecule has 1 aromatic carbocycles. The van der Waals surface area contributed by atoms with Crippen LogP contribution in [0.4, 0.5) is 0 Å². The molecule has 0 saturated heterocycles. The first kappa shape index (κ1) is 26.8. The molecule has 0 amide bonds. The molecule has 3 rings (SSSR count).